The minimum Gasteiger partial charge on any atom is -0.493 e. The fourth-order valence-corrected chi connectivity index (χ4v) is 4.88. The largest absolute Gasteiger partial charge is 0.514 e. The van der Waals surface area contributed by atoms with Crippen molar-refractivity contribution in [1.29, 1.82) is 0 Å². The number of carbonyl (C=O) groups excluding carboxylic acids is 5. The van der Waals surface area contributed by atoms with Crippen LogP contribution in [0.2, 0.25) is 5.02 Å². The van der Waals surface area contributed by atoms with Gasteiger partial charge in [-0.2, -0.15) is 0 Å². The molecule has 2 aromatic carbocycles. The van der Waals surface area contributed by atoms with E-state index in [4.69, 9.17) is 40.0 Å². The summed E-state index contributed by atoms with van der Waals surface area (Å²) in [5.74, 6) is -5.33. The number of rotatable bonds is 10. The van der Waals surface area contributed by atoms with Gasteiger partial charge in [0.15, 0.2) is 23.6 Å². The third kappa shape index (κ3) is 9.22. The molecule has 0 saturated carbocycles. The Bertz CT molecular complexity index is 1630. The molecule has 14 heteroatoms. The topological polar surface area (TPSA) is 166 Å². The lowest BCUT2D eigenvalue weighted by atomic mass is 9.91. The SMILES string of the molecule is COc1ccnc(C(=O)NC2COC(=O)C(Cc3ccccc3)C(OC(=O)C(C)C)C(C)OC2=O)c1OC(=O)OCc1ccccc1Cl. The molecule has 48 heavy (non-hydrogen) atoms. The smallest absolute Gasteiger partial charge is 0.493 e. The predicted molar refractivity (Wildman–Crippen MR) is 169 cm³/mol. The van der Waals surface area contributed by atoms with Gasteiger partial charge >= 0.3 is 24.1 Å². The molecule has 0 aliphatic carbocycles. The number of benzene rings is 2. The van der Waals surface area contributed by atoms with E-state index in [2.05, 4.69) is 10.3 Å². The summed E-state index contributed by atoms with van der Waals surface area (Å²) >= 11 is 6.12. The summed E-state index contributed by atoms with van der Waals surface area (Å²) in [4.78, 5) is 69.6. The second-order valence-electron chi connectivity index (χ2n) is 11.1. The summed E-state index contributed by atoms with van der Waals surface area (Å²) in [7, 11) is 1.28. The molecule has 4 unspecified atom stereocenters. The van der Waals surface area contributed by atoms with Crippen molar-refractivity contribution in [2.75, 3.05) is 13.7 Å². The minimum atomic E-state index is -1.52. The first-order valence-electron chi connectivity index (χ1n) is 15.0. The lowest BCUT2D eigenvalue weighted by Gasteiger charge is -2.29. The number of nitrogens with zero attached hydrogens (tertiary/aromatic N) is 1. The lowest BCUT2D eigenvalue weighted by Crippen LogP contribution is -2.47. The zero-order valence-electron chi connectivity index (χ0n) is 26.7. The molecular weight excluding hydrogens is 648 g/mol. The van der Waals surface area contributed by atoms with Gasteiger partial charge in [0.25, 0.3) is 5.91 Å². The van der Waals surface area contributed by atoms with Gasteiger partial charge < -0.3 is 33.7 Å². The standard InChI is InChI=1S/C34H35ClN2O11/c1-19(2)31(39)47-28-20(3)46-33(41)25(18-44-32(40)23(28)16-21-10-6-5-7-11-21)37-30(38)27-29(26(43-4)14-15-36-27)48-34(42)45-17-22-12-8-9-13-24(22)35/h5-15,19-20,23,25,28H,16-18H2,1-4H3,(H,37,38). The Hall–Kier alpha value is -5.17. The van der Waals surface area contributed by atoms with Crippen LogP contribution < -0.4 is 14.8 Å². The fraction of sp³-hybridized carbons (Fsp3) is 0.353. The molecule has 4 atom stereocenters. The maximum Gasteiger partial charge on any atom is 0.514 e. The first-order valence-corrected chi connectivity index (χ1v) is 15.4. The van der Waals surface area contributed by atoms with Gasteiger partial charge in [-0.05, 0) is 25.0 Å². The van der Waals surface area contributed by atoms with E-state index in [0.29, 0.717) is 10.6 Å². The van der Waals surface area contributed by atoms with Crippen LogP contribution in [0.4, 0.5) is 4.79 Å². The number of hydrogen-bond acceptors (Lipinski definition) is 12. The van der Waals surface area contributed by atoms with Crippen molar-refractivity contribution in [1.82, 2.24) is 10.3 Å². The molecule has 1 amide bonds. The van der Waals surface area contributed by atoms with E-state index in [1.165, 1.54) is 26.3 Å². The quantitative estimate of drug-likeness (QED) is 0.236. The number of halogens is 1. The van der Waals surface area contributed by atoms with E-state index in [1.54, 1.807) is 62.4 Å². The summed E-state index contributed by atoms with van der Waals surface area (Å²) in [6.45, 7) is 3.90. The van der Waals surface area contributed by atoms with E-state index in [9.17, 15) is 24.0 Å². The van der Waals surface area contributed by atoms with Crippen molar-refractivity contribution < 1.29 is 52.4 Å². The molecule has 3 aromatic rings. The maximum absolute atomic E-state index is 13.5. The molecule has 13 nitrogen and oxygen atoms in total. The minimum absolute atomic E-state index is 0.0412. The van der Waals surface area contributed by atoms with Crippen molar-refractivity contribution in [3.05, 3.63) is 88.7 Å². The van der Waals surface area contributed by atoms with Crippen molar-refractivity contribution >= 4 is 41.6 Å². The third-order valence-corrected chi connectivity index (χ3v) is 7.63. The molecule has 4 rings (SSSR count). The van der Waals surface area contributed by atoms with E-state index in [-0.39, 0.29) is 18.8 Å². The number of nitrogens with one attached hydrogen (secondary N) is 1. The number of ether oxygens (including phenoxy) is 6. The van der Waals surface area contributed by atoms with Gasteiger partial charge in [0, 0.05) is 22.8 Å². The molecule has 1 fully saturated rings. The number of pyridine rings is 1. The second-order valence-corrected chi connectivity index (χ2v) is 11.5. The molecular formula is C34H35ClN2O11. The van der Waals surface area contributed by atoms with Gasteiger partial charge in [0.1, 0.15) is 25.2 Å². The number of cyclic esters (lactones) is 2. The molecule has 2 heterocycles. The molecule has 1 aromatic heterocycles. The highest BCUT2D eigenvalue weighted by Gasteiger charge is 2.42. The number of methoxy groups -OCH3 is 1. The molecule has 1 saturated heterocycles. The summed E-state index contributed by atoms with van der Waals surface area (Å²) in [5, 5.41) is 2.80. The van der Waals surface area contributed by atoms with Gasteiger partial charge in [0.2, 0.25) is 5.75 Å². The van der Waals surface area contributed by atoms with Gasteiger partial charge in [-0.3, -0.25) is 14.4 Å². The molecule has 1 aliphatic heterocycles. The fourth-order valence-electron chi connectivity index (χ4n) is 4.69. The van der Waals surface area contributed by atoms with Crippen LogP contribution in [0.5, 0.6) is 11.5 Å². The van der Waals surface area contributed by atoms with E-state index in [0.717, 1.165) is 5.56 Å². The first kappa shape index (κ1) is 35.7. The average molecular weight is 683 g/mol. The summed E-state index contributed by atoms with van der Waals surface area (Å²) in [6, 6.07) is 15.5. The Kier molecular flexibility index (Phi) is 12.3. The number of hydrogen-bond donors (Lipinski definition) is 1. The Balaban J connectivity index is 1.54. The van der Waals surface area contributed by atoms with Crippen LogP contribution in [0, 0.1) is 11.8 Å². The van der Waals surface area contributed by atoms with Crippen LogP contribution >= 0.6 is 11.6 Å². The molecule has 1 N–H and O–H groups in total. The average Bonchev–Trinajstić information content (AvgIpc) is 3.10. The second kappa shape index (κ2) is 16.6. The molecule has 254 valence electrons. The summed E-state index contributed by atoms with van der Waals surface area (Å²) < 4.78 is 32.5. The Morgan fingerprint density at radius 3 is 2.42 bits per heavy atom. The number of carbonyl (C=O) groups is 5. The lowest BCUT2D eigenvalue weighted by molar-refractivity contribution is -0.176. The maximum atomic E-state index is 13.5. The van der Waals surface area contributed by atoms with Crippen LogP contribution in [-0.4, -0.2) is 66.9 Å². The predicted octanol–water partition coefficient (Wildman–Crippen LogP) is 4.47. The normalized spacial score (nSPS) is 19.5. The number of amides is 1. The Morgan fingerprint density at radius 1 is 1.02 bits per heavy atom. The van der Waals surface area contributed by atoms with Crippen molar-refractivity contribution in [3.8, 4) is 11.5 Å². The molecule has 0 radical (unpaired) electrons. The molecule has 1 aliphatic rings. The van der Waals surface area contributed by atoms with Crippen molar-refractivity contribution in [2.45, 2.75) is 52.0 Å². The Morgan fingerprint density at radius 2 is 1.73 bits per heavy atom. The highest BCUT2D eigenvalue weighted by Crippen LogP contribution is 2.31. The third-order valence-electron chi connectivity index (χ3n) is 7.26. The first-order chi connectivity index (χ1) is 23.0. The van der Waals surface area contributed by atoms with Gasteiger partial charge in [0.05, 0.1) is 13.0 Å². The highest BCUT2D eigenvalue weighted by molar-refractivity contribution is 6.31. The molecule has 0 bridgehead atoms. The van der Waals surface area contributed by atoms with Crippen LogP contribution in [0.15, 0.2) is 66.9 Å². The zero-order chi connectivity index (χ0) is 34.8. The van der Waals surface area contributed by atoms with E-state index >= 15 is 0 Å². The van der Waals surface area contributed by atoms with Gasteiger partial charge in [-0.15, -0.1) is 0 Å². The number of esters is 3. The van der Waals surface area contributed by atoms with E-state index in [1.807, 2.05) is 6.07 Å². The zero-order valence-corrected chi connectivity index (χ0v) is 27.4. The van der Waals surface area contributed by atoms with Gasteiger partial charge in [-0.25, -0.2) is 14.6 Å². The Labute approximate surface area is 281 Å². The van der Waals surface area contributed by atoms with Crippen molar-refractivity contribution in [2.24, 2.45) is 11.8 Å². The van der Waals surface area contributed by atoms with Crippen LogP contribution in [0.1, 0.15) is 42.4 Å². The van der Waals surface area contributed by atoms with Gasteiger partial charge in [-0.1, -0.05) is 74.0 Å². The van der Waals surface area contributed by atoms with Crippen molar-refractivity contribution in [3.63, 3.8) is 0 Å². The van der Waals surface area contributed by atoms with Crippen LogP contribution in [0.25, 0.3) is 0 Å². The monoisotopic (exact) mass is 682 g/mol. The van der Waals surface area contributed by atoms with Crippen LogP contribution in [0.3, 0.4) is 0 Å². The summed E-state index contributed by atoms with van der Waals surface area (Å²) in [5.41, 5.74) is 0.832. The highest BCUT2D eigenvalue weighted by atomic mass is 35.5. The number of aromatic nitrogens is 1. The van der Waals surface area contributed by atoms with Crippen LogP contribution in [-0.2, 0) is 46.4 Å². The molecule has 0 spiro atoms. The summed E-state index contributed by atoms with van der Waals surface area (Å²) in [6.07, 6.45) is -2.15. The van der Waals surface area contributed by atoms with E-state index < -0.39 is 78.1 Å².